The van der Waals surface area contributed by atoms with E-state index in [1.165, 1.54) is 16.3 Å². The van der Waals surface area contributed by atoms with Gasteiger partial charge in [-0.1, -0.05) is 170 Å². The average molecular weight is 1060 g/mol. The Balaban J connectivity index is 0.659. The number of quaternary nitrogens is 1. The monoisotopic (exact) mass is 1060 g/mol. The molecule has 1 aliphatic heterocycles. The fourth-order valence-corrected chi connectivity index (χ4v) is 12.2. The smallest absolute Gasteiger partial charge is 0.151 e. The van der Waals surface area contributed by atoms with E-state index in [2.05, 4.69) is 287 Å². The molecule has 0 spiro atoms. The number of hydrogen-bond donors (Lipinski definition) is 0. The molecule has 0 saturated carbocycles. The third-order valence-electron chi connectivity index (χ3n) is 16.2. The van der Waals surface area contributed by atoms with Gasteiger partial charge in [-0.25, -0.2) is 4.98 Å². The highest BCUT2D eigenvalue weighted by Crippen LogP contribution is 2.58. The molecule has 1 atom stereocenters. The number of para-hydroxylation sites is 6. The second-order valence-corrected chi connectivity index (χ2v) is 21.1. The van der Waals surface area contributed by atoms with Crippen LogP contribution in [-0.4, -0.2) is 9.55 Å². The van der Waals surface area contributed by atoms with Crippen molar-refractivity contribution < 1.29 is 0 Å². The summed E-state index contributed by atoms with van der Waals surface area (Å²) in [5.41, 5.74) is 22.1. The summed E-state index contributed by atoms with van der Waals surface area (Å²) in [6.07, 6.45) is 0. The van der Waals surface area contributed by atoms with Crippen molar-refractivity contribution in [1.82, 2.24) is 14.2 Å². The molecule has 12 aromatic carbocycles. The summed E-state index contributed by atoms with van der Waals surface area (Å²) in [4.78, 5) is 9.71. The maximum absolute atomic E-state index is 15.5. The highest BCUT2D eigenvalue weighted by Gasteiger charge is 2.40. The molecule has 1 unspecified atom stereocenters. The van der Waals surface area contributed by atoms with Gasteiger partial charge in [-0.3, -0.25) is 4.65 Å². The van der Waals surface area contributed by atoms with Crippen LogP contribution in [0.1, 0.15) is 0 Å². The Morgan fingerprint density at radius 3 is 1.24 bits per heavy atom. The van der Waals surface area contributed by atoms with Gasteiger partial charge in [0.05, 0.1) is 28.0 Å². The van der Waals surface area contributed by atoms with Crippen LogP contribution in [-0.2, 0) is 0 Å². The summed E-state index contributed by atoms with van der Waals surface area (Å²) in [6.45, 7) is 0. The topological polar surface area (TPSA) is 47.4 Å². The first-order valence-corrected chi connectivity index (χ1v) is 28.1. The molecular weight excluding hydrogens is 1010 g/mol. The molecule has 14 aromatic rings. The van der Waals surface area contributed by atoms with Crippen molar-refractivity contribution >= 4 is 73.0 Å². The second kappa shape index (κ2) is 20.6. The van der Waals surface area contributed by atoms with Crippen LogP contribution in [0.5, 0.6) is 0 Å². The number of pyridine rings is 1. The number of rotatable bonds is 12. The van der Waals surface area contributed by atoms with Crippen LogP contribution >= 0.6 is 0 Å². The number of hydrogen-bond acceptors (Lipinski definition) is 4. The molecule has 15 rings (SSSR count). The van der Waals surface area contributed by atoms with Crippen molar-refractivity contribution in [2.45, 2.75) is 0 Å². The van der Waals surface area contributed by atoms with E-state index < -0.39 is 4.65 Å². The summed E-state index contributed by atoms with van der Waals surface area (Å²) in [5.74, 6) is 0. The molecule has 0 N–H and O–H groups in total. The van der Waals surface area contributed by atoms with Gasteiger partial charge in [-0.15, -0.1) is 0 Å². The molecule has 0 fully saturated rings. The predicted octanol–water partition coefficient (Wildman–Crippen LogP) is 21.2. The van der Waals surface area contributed by atoms with E-state index in [1.807, 2.05) is 48.5 Å². The summed E-state index contributed by atoms with van der Waals surface area (Å²) in [6, 6.07) is 112. The number of anilines is 6. The molecule has 6 nitrogen and oxygen atoms in total. The molecule has 0 radical (unpaired) electrons. The minimum atomic E-state index is -0.669. The van der Waals surface area contributed by atoms with Gasteiger partial charge in [0.15, 0.2) is 11.4 Å². The average Bonchev–Trinajstić information content (AvgIpc) is 2.49. The Hall–Kier alpha value is -10.9. The van der Waals surface area contributed by atoms with Gasteiger partial charge < -0.3 is 19.6 Å². The zero-order chi connectivity index (χ0) is 55.3. The van der Waals surface area contributed by atoms with Crippen LogP contribution in [0, 0.1) is 5.21 Å². The lowest BCUT2D eigenvalue weighted by atomic mass is 10.0. The highest BCUT2D eigenvalue weighted by atomic mass is 16.5. The maximum Gasteiger partial charge on any atom is 0.151 e. The van der Waals surface area contributed by atoms with Gasteiger partial charge in [-0.05, 0) is 150 Å². The van der Waals surface area contributed by atoms with Gasteiger partial charge in [-0.2, -0.15) is 0 Å². The Bertz CT molecular complexity index is 4570. The second-order valence-electron chi connectivity index (χ2n) is 21.1. The molecule has 3 heterocycles. The van der Waals surface area contributed by atoms with E-state index in [1.54, 1.807) is 0 Å². The Morgan fingerprint density at radius 2 is 0.699 bits per heavy atom. The lowest BCUT2D eigenvalue weighted by Gasteiger charge is -2.38. The minimum absolute atomic E-state index is 0.653. The lowest BCUT2D eigenvalue weighted by Crippen LogP contribution is -2.29. The quantitative estimate of drug-likeness (QED) is 0.0904. The first kappa shape index (κ1) is 49.2. The third-order valence-corrected chi connectivity index (χ3v) is 16.2. The maximum atomic E-state index is 15.5. The molecule has 2 aromatic heterocycles. The van der Waals surface area contributed by atoms with Crippen LogP contribution in [0.4, 0.5) is 51.2 Å². The largest absolute Gasteiger partial charge is 0.616 e. The van der Waals surface area contributed by atoms with Crippen LogP contribution in [0.15, 0.2) is 322 Å². The molecule has 83 heavy (non-hydrogen) atoms. The van der Waals surface area contributed by atoms with Gasteiger partial charge in [0.2, 0.25) is 0 Å². The van der Waals surface area contributed by atoms with Gasteiger partial charge in [0, 0.05) is 91.5 Å². The summed E-state index contributed by atoms with van der Waals surface area (Å²) in [7, 11) is 0. The van der Waals surface area contributed by atoms with E-state index >= 15 is 5.21 Å². The summed E-state index contributed by atoms with van der Waals surface area (Å²) in [5, 5.41) is 18.0. The van der Waals surface area contributed by atoms with E-state index in [0.29, 0.717) is 17.1 Å². The van der Waals surface area contributed by atoms with Crippen molar-refractivity contribution in [3.63, 3.8) is 0 Å². The summed E-state index contributed by atoms with van der Waals surface area (Å²) >= 11 is 0. The highest BCUT2D eigenvalue weighted by molar-refractivity contribution is 6.11. The molecular formula is C77H53N5O. The number of aromatic nitrogens is 2. The summed E-state index contributed by atoms with van der Waals surface area (Å²) < 4.78 is 1.71. The number of benzene rings is 12. The van der Waals surface area contributed by atoms with Crippen molar-refractivity contribution in [3.05, 3.63) is 327 Å². The molecule has 0 bridgehead atoms. The zero-order valence-electron chi connectivity index (χ0n) is 45.2. The fourth-order valence-electron chi connectivity index (χ4n) is 12.2. The molecule has 0 amide bonds. The van der Waals surface area contributed by atoms with Crippen molar-refractivity contribution in [1.29, 1.82) is 0 Å². The van der Waals surface area contributed by atoms with Gasteiger partial charge in [0.1, 0.15) is 5.69 Å². The van der Waals surface area contributed by atoms with E-state index in [9.17, 15) is 0 Å². The number of nitrogens with zero attached hydrogens (tertiary/aromatic N) is 5. The van der Waals surface area contributed by atoms with Crippen molar-refractivity contribution in [3.8, 4) is 61.6 Å². The van der Waals surface area contributed by atoms with Crippen molar-refractivity contribution in [2.75, 3.05) is 9.80 Å². The van der Waals surface area contributed by atoms with Crippen LogP contribution in [0.25, 0.3) is 83.4 Å². The van der Waals surface area contributed by atoms with E-state index in [0.717, 1.165) is 101 Å². The van der Waals surface area contributed by atoms with Gasteiger partial charge in [0.25, 0.3) is 0 Å². The van der Waals surface area contributed by atoms with E-state index in [4.69, 9.17) is 4.98 Å². The Kier molecular flexibility index (Phi) is 12.2. The van der Waals surface area contributed by atoms with Crippen molar-refractivity contribution in [2.24, 2.45) is 0 Å². The predicted molar refractivity (Wildman–Crippen MR) is 346 cm³/mol. The first-order valence-electron chi connectivity index (χ1n) is 28.1. The SMILES string of the molecule is [O-][N+]1(c2ccc(-c3ccc(-c4cccc(-c5ccc(-c6ccc(-n7c8ccccc8c8cc(N(c9ccccc9)c9ccccc9)ccc87)cc6)cc5)n4)cc3)cc2)c2ccccc2-c2cc(N(c3ccccc3)c3ccccc3)ccc21. The van der Waals surface area contributed by atoms with Crippen LogP contribution in [0.2, 0.25) is 0 Å². The standard InChI is InChI=1S/C77H53N5O/c83-82(76-31-16-14-27-69(76)71-53-66(47-51-77(71)82)80(62-22-9-3-10-23-62)63-24-11-4-12-25-63)67-48-42-57(43-49-67)55-34-38-59(39-35-55)73-29-17-28-72(78-73)58-36-32-54(33-37-58)56-40-44-64(45-41-56)81-74-30-15-13-26-68(74)70-52-65(46-50-75(70)81)79(60-18-5-1-6-19-60)61-20-7-2-8-21-61/h1-53H. The third kappa shape index (κ3) is 8.74. The minimum Gasteiger partial charge on any atom is -0.616 e. The first-order chi connectivity index (χ1) is 41.0. The Morgan fingerprint density at radius 1 is 0.289 bits per heavy atom. The Labute approximate surface area is 482 Å². The van der Waals surface area contributed by atoms with Crippen LogP contribution < -0.4 is 14.4 Å². The molecule has 0 saturated heterocycles. The molecule has 6 heteroatoms. The zero-order valence-corrected chi connectivity index (χ0v) is 45.2. The molecule has 1 aliphatic rings. The lowest BCUT2D eigenvalue weighted by molar-refractivity contribution is 0.710. The molecule has 0 aliphatic carbocycles. The fraction of sp³-hybridized carbons (Fsp3) is 0. The molecule has 392 valence electrons. The van der Waals surface area contributed by atoms with Crippen LogP contribution in [0.3, 0.4) is 0 Å². The number of fused-ring (bicyclic) bond motifs is 6. The normalized spacial score (nSPS) is 13.4. The van der Waals surface area contributed by atoms with E-state index in [-0.39, 0.29) is 0 Å². The van der Waals surface area contributed by atoms with Gasteiger partial charge >= 0.3 is 0 Å².